The quantitative estimate of drug-likeness (QED) is 0.217. The Morgan fingerprint density at radius 2 is 1.45 bits per heavy atom. The van der Waals surface area contributed by atoms with Crippen molar-refractivity contribution < 1.29 is 32.4 Å². The second-order valence-electron chi connectivity index (χ2n) is 15.5. The molecule has 0 aromatic heterocycles. The molecule has 1 saturated heterocycles. The van der Waals surface area contributed by atoms with Crippen LogP contribution >= 0.6 is 0 Å². The normalized spacial score (nSPS) is 25.9. The van der Waals surface area contributed by atoms with Crippen molar-refractivity contribution in [2.24, 2.45) is 11.3 Å². The summed E-state index contributed by atoms with van der Waals surface area (Å²) >= 11 is 0. The van der Waals surface area contributed by atoms with Crippen molar-refractivity contribution in [3.63, 3.8) is 0 Å². The third kappa shape index (κ3) is 8.67. The Bertz CT molecular complexity index is 1320. The highest BCUT2D eigenvalue weighted by atomic mass is 32.2. The van der Waals surface area contributed by atoms with Gasteiger partial charge in [0.15, 0.2) is 9.84 Å². The lowest BCUT2D eigenvalue weighted by Crippen LogP contribution is -2.65. The molecule has 12 nitrogen and oxygen atoms in total. The molecule has 4 atom stereocenters. The average Bonchev–Trinajstić information content (AvgIpc) is 3.97. The van der Waals surface area contributed by atoms with Gasteiger partial charge in [0, 0.05) is 18.8 Å². The number of Topliss-reactive ketones (excluding diaryl/α,β-unsaturated/α-hetero) is 1. The van der Waals surface area contributed by atoms with Gasteiger partial charge in [-0.3, -0.25) is 19.2 Å². The summed E-state index contributed by atoms with van der Waals surface area (Å²) in [5, 5.41) is 10.8. The molecule has 1 heterocycles. The van der Waals surface area contributed by atoms with E-state index in [1.165, 1.54) is 6.26 Å². The highest BCUT2D eigenvalue weighted by Gasteiger charge is 2.49. The smallest absolute Gasteiger partial charge is 0.315 e. The summed E-state index contributed by atoms with van der Waals surface area (Å²) < 4.78 is 25.3. The van der Waals surface area contributed by atoms with E-state index in [2.05, 4.69) is 21.3 Å². The van der Waals surface area contributed by atoms with Crippen LogP contribution in [0.4, 0.5) is 4.79 Å². The van der Waals surface area contributed by atoms with Gasteiger partial charge in [0.05, 0.1) is 16.8 Å². The number of rotatable bonds is 13. The summed E-state index contributed by atoms with van der Waals surface area (Å²) in [6.45, 7) is 4.00. The predicted octanol–water partition coefficient (Wildman–Crippen LogP) is 2.88. The highest BCUT2D eigenvalue weighted by molar-refractivity contribution is 7.91. The first-order valence-corrected chi connectivity index (χ1v) is 19.9. The maximum atomic E-state index is 14.5. The average molecular weight is 678 g/mol. The summed E-state index contributed by atoms with van der Waals surface area (Å²) in [6, 6.07) is -3.22. The van der Waals surface area contributed by atoms with E-state index in [0.29, 0.717) is 38.6 Å². The Labute approximate surface area is 279 Å². The number of urea groups is 1. The molecule has 5 amide bonds. The molecule has 0 aromatic rings. The largest absolute Gasteiger partial charge is 0.347 e. The fourth-order valence-corrected chi connectivity index (χ4v) is 9.21. The van der Waals surface area contributed by atoms with Gasteiger partial charge in [-0.05, 0) is 76.0 Å². The van der Waals surface area contributed by atoms with E-state index in [4.69, 9.17) is 0 Å². The SMILES string of the molecule is C[C@@H](C1(NC(=O)N[C@H](C(=O)N2CCC[C@H]2C(=O)N[C@@H](CC2CC2)C(=O)C(=O)NC2CC2)C2(C)CCCCC2)CCCCC1)S(C)(=O)=O. The van der Waals surface area contributed by atoms with Gasteiger partial charge >= 0.3 is 6.03 Å². The summed E-state index contributed by atoms with van der Waals surface area (Å²) in [4.78, 5) is 69.3. The number of ketones is 1. The van der Waals surface area contributed by atoms with Crippen LogP contribution in [0.3, 0.4) is 0 Å². The van der Waals surface area contributed by atoms with Crippen molar-refractivity contribution in [2.75, 3.05) is 12.8 Å². The lowest BCUT2D eigenvalue weighted by molar-refractivity contribution is -0.144. The molecular weight excluding hydrogens is 622 g/mol. The van der Waals surface area contributed by atoms with Gasteiger partial charge in [-0.15, -0.1) is 0 Å². The summed E-state index contributed by atoms with van der Waals surface area (Å²) in [5.74, 6) is -1.81. The second-order valence-corrected chi connectivity index (χ2v) is 17.8. The molecule has 1 aliphatic heterocycles. The molecule has 0 spiro atoms. The molecule has 0 aromatic carbocycles. The van der Waals surface area contributed by atoms with E-state index in [1.807, 2.05) is 6.92 Å². The lowest BCUT2D eigenvalue weighted by Gasteiger charge is -2.45. The topological polar surface area (TPSA) is 171 Å². The van der Waals surface area contributed by atoms with Crippen LogP contribution in [-0.4, -0.2) is 90.6 Å². The van der Waals surface area contributed by atoms with E-state index >= 15 is 0 Å². The fourth-order valence-electron chi connectivity index (χ4n) is 8.10. The molecule has 264 valence electrons. The molecule has 4 aliphatic carbocycles. The van der Waals surface area contributed by atoms with Gasteiger partial charge < -0.3 is 26.2 Å². The fraction of sp³-hybridized carbons (Fsp3) is 0.853. The van der Waals surface area contributed by atoms with E-state index < -0.39 is 67.8 Å². The Balaban J connectivity index is 1.32. The number of carbonyl (C=O) groups is 5. The van der Waals surface area contributed by atoms with Crippen molar-refractivity contribution in [1.29, 1.82) is 0 Å². The zero-order chi connectivity index (χ0) is 34.0. The van der Waals surface area contributed by atoms with Crippen LogP contribution in [0.5, 0.6) is 0 Å². The van der Waals surface area contributed by atoms with Crippen molar-refractivity contribution >= 4 is 39.4 Å². The first-order valence-electron chi connectivity index (χ1n) is 18.0. The molecule has 47 heavy (non-hydrogen) atoms. The molecular formula is C34H55N5O7S. The van der Waals surface area contributed by atoms with E-state index in [-0.39, 0.29) is 17.9 Å². The zero-order valence-corrected chi connectivity index (χ0v) is 29.2. The van der Waals surface area contributed by atoms with Gasteiger partial charge in [0.25, 0.3) is 5.91 Å². The molecule has 0 unspecified atom stereocenters. The van der Waals surface area contributed by atoms with Gasteiger partial charge in [-0.25, -0.2) is 13.2 Å². The molecule has 5 fully saturated rings. The number of carbonyl (C=O) groups excluding carboxylic acids is 5. The molecule has 0 bridgehead atoms. The van der Waals surface area contributed by atoms with Crippen LogP contribution in [0, 0.1) is 11.3 Å². The van der Waals surface area contributed by atoms with E-state index in [0.717, 1.165) is 77.0 Å². The second kappa shape index (κ2) is 14.4. The Morgan fingerprint density at radius 3 is 2.02 bits per heavy atom. The molecule has 0 radical (unpaired) electrons. The first-order chi connectivity index (χ1) is 22.2. The van der Waals surface area contributed by atoms with Crippen LogP contribution in [0.1, 0.15) is 123 Å². The van der Waals surface area contributed by atoms with Gasteiger partial charge in [-0.2, -0.15) is 0 Å². The molecule has 4 N–H and O–H groups in total. The summed E-state index contributed by atoms with van der Waals surface area (Å²) in [6.07, 6.45) is 14.2. The molecule has 4 saturated carbocycles. The number of nitrogens with one attached hydrogen (secondary N) is 4. The zero-order valence-electron chi connectivity index (χ0n) is 28.4. The lowest BCUT2D eigenvalue weighted by atomic mass is 9.70. The first kappa shape index (κ1) is 35.6. The van der Waals surface area contributed by atoms with Crippen molar-refractivity contribution in [3.8, 4) is 0 Å². The van der Waals surface area contributed by atoms with Crippen molar-refractivity contribution in [2.45, 2.75) is 158 Å². The highest BCUT2D eigenvalue weighted by Crippen LogP contribution is 2.41. The van der Waals surface area contributed by atoms with Gasteiger partial charge in [0.1, 0.15) is 12.1 Å². The number of sulfone groups is 1. The standard InChI is InChI=1S/C34H55N5O7S/c1-22(47(3,45)46)34(18-8-5-9-19-34)38-32(44)37-28(33(2)16-6-4-7-17-33)31(43)39-20-10-11-26(39)29(41)36-25(21-23-12-13-23)27(40)30(42)35-24-14-15-24/h22-26,28H,4-21H2,1-3H3,(H,35,42)(H,36,41)(H2,37,38,44)/t22-,25-,26-,28+/m0/s1. The van der Waals surface area contributed by atoms with Crippen LogP contribution < -0.4 is 21.3 Å². The maximum absolute atomic E-state index is 14.5. The van der Waals surface area contributed by atoms with E-state index in [9.17, 15) is 32.4 Å². The minimum Gasteiger partial charge on any atom is -0.347 e. The number of hydrogen-bond acceptors (Lipinski definition) is 7. The van der Waals surface area contributed by atoms with Crippen LogP contribution in [-0.2, 0) is 29.0 Å². The number of likely N-dealkylation sites (tertiary alicyclic amines) is 1. The Hall–Kier alpha value is -2.70. The van der Waals surface area contributed by atoms with E-state index in [1.54, 1.807) is 11.8 Å². The van der Waals surface area contributed by atoms with Crippen LogP contribution in [0.15, 0.2) is 0 Å². The molecule has 13 heteroatoms. The number of hydrogen-bond donors (Lipinski definition) is 4. The van der Waals surface area contributed by atoms with Crippen LogP contribution in [0.2, 0.25) is 0 Å². The van der Waals surface area contributed by atoms with Crippen LogP contribution in [0.25, 0.3) is 0 Å². The Morgan fingerprint density at radius 1 is 0.830 bits per heavy atom. The third-order valence-electron chi connectivity index (χ3n) is 11.6. The third-order valence-corrected chi connectivity index (χ3v) is 13.4. The maximum Gasteiger partial charge on any atom is 0.315 e. The van der Waals surface area contributed by atoms with Gasteiger partial charge in [-0.1, -0.05) is 58.3 Å². The minimum absolute atomic E-state index is 0.0250. The summed E-state index contributed by atoms with van der Waals surface area (Å²) in [5.41, 5.74) is -1.48. The predicted molar refractivity (Wildman–Crippen MR) is 177 cm³/mol. The van der Waals surface area contributed by atoms with Crippen molar-refractivity contribution in [1.82, 2.24) is 26.2 Å². The minimum atomic E-state index is -3.45. The number of nitrogens with zero attached hydrogens (tertiary/aromatic N) is 1. The Kier molecular flexibility index (Phi) is 10.9. The van der Waals surface area contributed by atoms with Gasteiger partial charge in [0.2, 0.25) is 17.6 Å². The molecule has 5 rings (SSSR count). The summed E-state index contributed by atoms with van der Waals surface area (Å²) in [7, 11) is -3.45. The molecule has 5 aliphatic rings. The number of amides is 5. The monoisotopic (exact) mass is 677 g/mol. The van der Waals surface area contributed by atoms with Crippen molar-refractivity contribution in [3.05, 3.63) is 0 Å².